The predicted octanol–water partition coefficient (Wildman–Crippen LogP) is 5.73. The number of anilines is 1. The number of ether oxygens (including phenoxy) is 1. The fourth-order valence-electron chi connectivity index (χ4n) is 2.67. The van der Waals surface area contributed by atoms with Crippen LogP contribution < -0.4 is 10.1 Å². The number of hydrogen-bond acceptors (Lipinski definition) is 2. The van der Waals surface area contributed by atoms with Gasteiger partial charge >= 0.3 is 6.36 Å². The summed E-state index contributed by atoms with van der Waals surface area (Å²) >= 11 is 3.17. The van der Waals surface area contributed by atoms with E-state index in [4.69, 9.17) is 0 Å². The second kappa shape index (κ2) is 7.38. The van der Waals surface area contributed by atoms with E-state index < -0.39 is 6.36 Å². The van der Waals surface area contributed by atoms with Crippen molar-refractivity contribution in [1.82, 2.24) is 0 Å². The normalized spacial score (nSPS) is 17.3. The lowest BCUT2D eigenvalue weighted by Crippen LogP contribution is -2.19. The van der Waals surface area contributed by atoms with E-state index >= 15 is 0 Å². The second-order valence-corrected chi connectivity index (χ2v) is 6.34. The zero-order valence-electron chi connectivity index (χ0n) is 11.7. The zero-order valence-corrected chi connectivity index (χ0v) is 13.3. The number of halogens is 4. The maximum absolute atomic E-state index is 12.4. The monoisotopic (exact) mass is 365 g/mol. The van der Waals surface area contributed by atoms with Crippen LogP contribution in [0.15, 0.2) is 22.7 Å². The van der Waals surface area contributed by atoms with E-state index in [1.54, 1.807) is 12.1 Å². The molecule has 1 N–H and O–H groups in total. The number of nitrogens with one attached hydrogen (secondary N) is 1. The van der Waals surface area contributed by atoms with Crippen LogP contribution in [0.4, 0.5) is 18.9 Å². The Morgan fingerprint density at radius 1 is 1.14 bits per heavy atom. The average molecular weight is 366 g/mol. The van der Waals surface area contributed by atoms with Crippen LogP contribution in [-0.2, 0) is 0 Å². The Bertz CT molecular complexity index is 457. The molecule has 0 unspecified atom stereocenters. The molecule has 1 aromatic carbocycles. The summed E-state index contributed by atoms with van der Waals surface area (Å²) < 4.78 is 42.0. The molecule has 21 heavy (non-hydrogen) atoms. The molecule has 0 heterocycles. The standard InChI is InChI=1S/C15H19BrF3NO/c16-12-7-8-13(14(9-12)21-15(17,18)19)20-10-11-5-3-1-2-4-6-11/h7-9,11,20H,1-6,10H2. The first kappa shape index (κ1) is 16.5. The van der Waals surface area contributed by atoms with E-state index in [9.17, 15) is 13.2 Å². The van der Waals surface area contributed by atoms with E-state index in [-0.39, 0.29) is 5.75 Å². The van der Waals surface area contributed by atoms with E-state index in [1.165, 1.54) is 31.7 Å². The minimum atomic E-state index is -4.68. The van der Waals surface area contributed by atoms with Gasteiger partial charge in [0.2, 0.25) is 0 Å². The number of benzene rings is 1. The van der Waals surface area contributed by atoms with Crippen molar-refractivity contribution in [2.75, 3.05) is 11.9 Å². The lowest BCUT2D eigenvalue weighted by molar-refractivity contribution is -0.274. The lowest BCUT2D eigenvalue weighted by atomic mass is 10.0. The molecular weight excluding hydrogens is 347 g/mol. The first-order chi connectivity index (χ1) is 9.94. The minimum Gasteiger partial charge on any atom is -0.404 e. The minimum absolute atomic E-state index is 0.189. The van der Waals surface area contributed by atoms with Gasteiger partial charge in [0.25, 0.3) is 0 Å². The van der Waals surface area contributed by atoms with Crippen molar-refractivity contribution in [3.05, 3.63) is 22.7 Å². The van der Waals surface area contributed by atoms with Crippen LogP contribution in [0.1, 0.15) is 38.5 Å². The van der Waals surface area contributed by atoms with Crippen LogP contribution in [0.5, 0.6) is 5.75 Å². The molecule has 6 heteroatoms. The molecule has 0 amide bonds. The molecule has 1 aromatic rings. The summed E-state index contributed by atoms with van der Waals surface area (Å²) in [6.45, 7) is 0.690. The summed E-state index contributed by atoms with van der Waals surface area (Å²) in [6.07, 6.45) is 2.53. The van der Waals surface area contributed by atoms with Crippen molar-refractivity contribution in [1.29, 1.82) is 0 Å². The zero-order chi connectivity index (χ0) is 15.3. The quantitative estimate of drug-likeness (QED) is 0.687. The van der Waals surface area contributed by atoms with Crippen LogP contribution in [0.2, 0.25) is 0 Å². The van der Waals surface area contributed by atoms with Gasteiger partial charge in [0, 0.05) is 11.0 Å². The summed E-state index contributed by atoms with van der Waals surface area (Å²) in [5, 5.41) is 3.11. The molecule has 0 radical (unpaired) electrons. The van der Waals surface area contributed by atoms with Crippen molar-refractivity contribution in [3.63, 3.8) is 0 Å². The van der Waals surface area contributed by atoms with Gasteiger partial charge in [-0.3, -0.25) is 0 Å². The predicted molar refractivity (Wildman–Crippen MR) is 80.5 cm³/mol. The first-order valence-electron chi connectivity index (χ1n) is 7.23. The van der Waals surface area contributed by atoms with Crippen molar-refractivity contribution >= 4 is 21.6 Å². The fraction of sp³-hybridized carbons (Fsp3) is 0.600. The van der Waals surface area contributed by atoms with Crippen molar-refractivity contribution in [2.45, 2.75) is 44.9 Å². The average Bonchev–Trinajstić information content (AvgIpc) is 2.64. The maximum Gasteiger partial charge on any atom is 0.573 e. The van der Waals surface area contributed by atoms with Crippen molar-refractivity contribution < 1.29 is 17.9 Å². The molecule has 0 saturated heterocycles. The SMILES string of the molecule is FC(F)(F)Oc1cc(Br)ccc1NCC1CCCCCC1. The van der Waals surface area contributed by atoms with Gasteiger partial charge in [-0.2, -0.15) is 0 Å². The van der Waals surface area contributed by atoms with Crippen molar-refractivity contribution in [3.8, 4) is 5.75 Å². The van der Waals surface area contributed by atoms with Crippen molar-refractivity contribution in [2.24, 2.45) is 5.92 Å². The Hall–Kier alpha value is -0.910. The van der Waals surface area contributed by atoms with Gasteiger partial charge in [0.1, 0.15) is 0 Å². The molecular formula is C15H19BrF3NO. The highest BCUT2D eigenvalue weighted by molar-refractivity contribution is 9.10. The molecule has 0 bridgehead atoms. The molecule has 2 nitrogen and oxygen atoms in total. The third kappa shape index (κ3) is 5.77. The molecule has 1 saturated carbocycles. The Morgan fingerprint density at radius 3 is 2.43 bits per heavy atom. The van der Waals surface area contributed by atoms with Gasteiger partial charge in [0.15, 0.2) is 5.75 Å². The number of rotatable bonds is 4. The van der Waals surface area contributed by atoms with Gasteiger partial charge < -0.3 is 10.1 Å². The topological polar surface area (TPSA) is 21.3 Å². The van der Waals surface area contributed by atoms with E-state index in [0.717, 1.165) is 12.8 Å². The molecule has 2 rings (SSSR count). The molecule has 0 spiro atoms. The van der Waals surface area contributed by atoms with Gasteiger partial charge in [-0.15, -0.1) is 13.2 Å². The molecule has 0 aromatic heterocycles. The summed E-state index contributed by atoms with van der Waals surface area (Å²) in [5.74, 6) is 0.334. The highest BCUT2D eigenvalue weighted by Gasteiger charge is 2.32. The second-order valence-electron chi connectivity index (χ2n) is 5.43. The molecule has 0 atom stereocenters. The number of alkyl halides is 3. The number of hydrogen-bond donors (Lipinski definition) is 1. The van der Waals surface area contributed by atoms with Crippen LogP contribution in [0.3, 0.4) is 0 Å². The first-order valence-corrected chi connectivity index (χ1v) is 8.02. The largest absolute Gasteiger partial charge is 0.573 e. The van der Waals surface area contributed by atoms with Gasteiger partial charge in [-0.1, -0.05) is 41.6 Å². The van der Waals surface area contributed by atoms with E-state index in [0.29, 0.717) is 22.6 Å². The Balaban J connectivity index is 2.01. The highest BCUT2D eigenvalue weighted by atomic mass is 79.9. The summed E-state index contributed by atoms with van der Waals surface area (Å²) in [5.41, 5.74) is 0.389. The molecule has 0 aliphatic heterocycles. The van der Waals surface area contributed by atoms with Crippen LogP contribution in [-0.4, -0.2) is 12.9 Å². The smallest absolute Gasteiger partial charge is 0.404 e. The van der Waals surface area contributed by atoms with Crippen LogP contribution in [0.25, 0.3) is 0 Å². The maximum atomic E-state index is 12.4. The third-order valence-electron chi connectivity index (χ3n) is 3.73. The van der Waals surface area contributed by atoms with Gasteiger partial charge in [-0.05, 0) is 37.0 Å². The van der Waals surface area contributed by atoms with Crippen LogP contribution >= 0.6 is 15.9 Å². The van der Waals surface area contributed by atoms with Gasteiger partial charge in [-0.25, -0.2) is 0 Å². The molecule has 118 valence electrons. The van der Waals surface area contributed by atoms with Gasteiger partial charge in [0.05, 0.1) is 5.69 Å². The van der Waals surface area contributed by atoms with E-state index in [2.05, 4.69) is 26.0 Å². The molecule has 1 aliphatic carbocycles. The lowest BCUT2D eigenvalue weighted by Gasteiger charge is -2.19. The van der Waals surface area contributed by atoms with Crippen LogP contribution in [0, 0.1) is 5.92 Å². The Kier molecular flexibility index (Phi) is 5.79. The molecule has 1 aliphatic rings. The Morgan fingerprint density at radius 2 is 1.81 bits per heavy atom. The van der Waals surface area contributed by atoms with E-state index in [1.807, 2.05) is 0 Å². The highest BCUT2D eigenvalue weighted by Crippen LogP contribution is 2.33. The summed E-state index contributed by atoms with van der Waals surface area (Å²) in [6, 6.07) is 4.66. The summed E-state index contributed by atoms with van der Waals surface area (Å²) in [7, 11) is 0. The summed E-state index contributed by atoms with van der Waals surface area (Å²) in [4.78, 5) is 0. The Labute approximate surface area is 131 Å². The molecule has 1 fully saturated rings. The fourth-order valence-corrected chi connectivity index (χ4v) is 3.01. The third-order valence-corrected chi connectivity index (χ3v) is 4.22.